The van der Waals surface area contributed by atoms with Crippen molar-refractivity contribution in [3.05, 3.63) is 88.2 Å². The number of hydrogen-bond donors (Lipinski definition) is 2. The number of hydrogen-bond acceptors (Lipinski definition) is 6. The molecule has 1 amide bonds. The minimum atomic E-state index is -0.942. The maximum atomic E-state index is 13.1. The molecule has 1 aliphatic rings. The Morgan fingerprint density at radius 1 is 1.13 bits per heavy atom. The number of aromatic nitrogens is 1. The smallest absolute Gasteiger partial charge is 0.300 e. The first kappa shape index (κ1) is 20.6. The van der Waals surface area contributed by atoms with Crippen molar-refractivity contribution in [2.45, 2.75) is 6.04 Å². The second kappa shape index (κ2) is 8.23. The van der Waals surface area contributed by atoms with E-state index in [1.165, 1.54) is 30.3 Å². The molecule has 0 spiro atoms. The SMILES string of the molecule is COc1cc(C2/C(=C(\O)c3ccc(Br)cc3)C(=O)C(=O)N2c2cccnc2)ccc1O. The summed E-state index contributed by atoms with van der Waals surface area (Å²) in [7, 11) is 1.40. The molecule has 0 saturated carbocycles. The first-order chi connectivity index (χ1) is 14.9. The van der Waals surface area contributed by atoms with Gasteiger partial charge in [-0.15, -0.1) is 0 Å². The summed E-state index contributed by atoms with van der Waals surface area (Å²) in [5.74, 6) is -1.81. The fraction of sp³-hybridized carbons (Fsp3) is 0.0870. The van der Waals surface area contributed by atoms with Gasteiger partial charge in [-0.1, -0.05) is 34.1 Å². The Morgan fingerprint density at radius 3 is 2.52 bits per heavy atom. The van der Waals surface area contributed by atoms with E-state index in [9.17, 15) is 19.8 Å². The van der Waals surface area contributed by atoms with Gasteiger partial charge in [-0.2, -0.15) is 0 Å². The van der Waals surface area contributed by atoms with Gasteiger partial charge in [0.15, 0.2) is 11.5 Å². The van der Waals surface area contributed by atoms with Gasteiger partial charge in [0, 0.05) is 16.2 Å². The van der Waals surface area contributed by atoms with E-state index in [4.69, 9.17) is 4.74 Å². The molecule has 7 nitrogen and oxygen atoms in total. The third-order valence-electron chi connectivity index (χ3n) is 5.01. The molecule has 2 aromatic carbocycles. The van der Waals surface area contributed by atoms with Crippen LogP contribution in [-0.4, -0.2) is 34.0 Å². The number of amides is 1. The minimum absolute atomic E-state index is 0.0658. The van der Waals surface area contributed by atoms with Gasteiger partial charge in [-0.3, -0.25) is 19.5 Å². The van der Waals surface area contributed by atoms with Crippen LogP contribution >= 0.6 is 15.9 Å². The molecule has 3 aromatic rings. The first-order valence-electron chi connectivity index (χ1n) is 9.26. The zero-order valence-corrected chi connectivity index (χ0v) is 17.9. The number of carbonyl (C=O) groups excluding carboxylic acids is 2. The van der Waals surface area contributed by atoms with Crippen LogP contribution in [-0.2, 0) is 9.59 Å². The van der Waals surface area contributed by atoms with Crippen molar-refractivity contribution in [2.24, 2.45) is 0 Å². The highest BCUT2D eigenvalue weighted by Crippen LogP contribution is 2.43. The van der Waals surface area contributed by atoms with Gasteiger partial charge in [0.2, 0.25) is 0 Å². The normalized spacial score (nSPS) is 17.7. The highest BCUT2D eigenvalue weighted by molar-refractivity contribution is 9.10. The second-order valence-corrected chi connectivity index (χ2v) is 7.73. The number of benzene rings is 2. The molecule has 0 bridgehead atoms. The molecule has 1 atom stereocenters. The molecular weight excluding hydrogens is 464 g/mol. The van der Waals surface area contributed by atoms with Gasteiger partial charge >= 0.3 is 0 Å². The number of nitrogens with zero attached hydrogens (tertiary/aromatic N) is 2. The predicted molar refractivity (Wildman–Crippen MR) is 118 cm³/mol. The summed E-state index contributed by atoms with van der Waals surface area (Å²) in [4.78, 5) is 31.4. The fourth-order valence-electron chi connectivity index (χ4n) is 3.54. The molecule has 8 heteroatoms. The Labute approximate surface area is 186 Å². The molecule has 1 aromatic heterocycles. The molecule has 2 N–H and O–H groups in total. The van der Waals surface area contributed by atoms with Gasteiger partial charge in [0.25, 0.3) is 11.7 Å². The number of ether oxygens (including phenoxy) is 1. The average molecular weight is 481 g/mol. The number of phenols is 1. The molecule has 1 fully saturated rings. The highest BCUT2D eigenvalue weighted by atomic mass is 79.9. The summed E-state index contributed by atoms with van der Waals surface area (Å²) in [6.07, 6.45) is 3.02. The standard InChI is InChI=1S/C23H17BrN2O5/c1-31-18-11-14(6-9-17(18)27)20-19(21(28)13-4-7-15(24)8-5-13)22(29)23(30)26(20)16-3-2-10-25-12-16/h2-12,20,27-28H,1H3/b21-19+. The van der Waals surface area contributed by atoms with Crippen molar-refractivity contribution in [1.82, 2.24) is 4.98 Å². The van der Waals surface area contributed by atoms with Crippen LogP contribution in [0.2, 0.25) is 0 Å². The summed E-state index contributed by atoms with van der Waals surface area (Å²) in [5, 5.41) is 21.0. The molecule has 156 valence electrons. The molecule has 2 heterocycles. The quantitative estimate of drug-likeness (QED) is 0.330. The predicted octanol–water partition coefficient (Wildman–Crippen LogP) is 4.18. The number of methoxy groups -OCH3 is 1. The largest absolute Gasteiger partial charge is 0.507 e. The molecule has 0 radical (unpaired) electrons. The van der Waals surface area contributed by atoms with Gasteiger partial charge in [-0.05, 0) is 42.0 Å². The number of ketones is 1. The van der Waals surface area contributed by atoms with Gasteiger partial charge < -0.3 is 14.9 Å². The van der Waals surface area contributed by atoms with Crippen molar-refractivity contribution in [3.8, 4) is 11.5 Å². The fourth-order valence-corrected chi connectivity index (χ4v) is 3.80. The van der Waals surface area contributed by atoms with Crippen LogP contribution in [0.5, 0.6) is 11.5 Å². The van der Waals surface area contributed by atoms with E-state index in [0.717, 1.165) is 4.47 Å². The number of Topliss-reactive ketones (excluding diaryl/α,β-unsaturated/α-hetero) is 1. The van der Waals surface area contributed by atoms with Crippen molar-refractivity contribution in [3.63, 3.8) is 0 Å². The van der Waals surface area contributed by atoms with Gasteiger partial charge in [0.05, 0.1) is 30.6 Å². The van der Waals surface area contributed by atoms with Crippen LogP contribution in [0.15, 0.2) is 77.0 Å². The monoisotopic (exact) mass is 480 g/mol. The second-order valence-electron chi connectivity index (χ2n) is 6.82. The maximum Gasteiger partial charge on any atom is 0.300 e. The molecule has 1 saturated heterocycles. The van der Waals surface area contributed by atoms with Crippen LogP contribution in [0.25, 0.3) is 5.76 Å². The average Bonchev–Trinajstić information content (AvgIpc) is 3.05. The zero-order valence-electron chi connectivity index (χ0n) is 16.3. The maximum absolute atomic E-state index is 13.1. The summed E-state index contributed by atoms with van der Waals surface area (Å²) >= 11 is 3.34. The number of rotatable bonds is 4. The molecule has 0 aliphatic carbocycles. The van der Waals surface area contributed by atoms with Crippen molar-refractivity contribution in [2.75, 3.05) is 12.0 Å². The summed E-state index contributed by atoms with van der Waals surface area (Å²) in [6.45, 7) is 0. The van der Waals surface area contributed by atoms with E-state index in [1.54, 1.807) is 48.7 Å². The van der Waals surface area contributed by atoms with Crippen LogP contribution in [0.4, 0.5) is 5.69 Å². The third kappa shape index (κ3) is 3.66. The van der Waals surface area contributed by atoms with Crippen molar-refractivity contribution < 1.29 is 24.5 Å². The zero-order chi connectivity index (χ0) is 22.1. The number of pyridine rings is 1. The third-order valence-corrected chi connectivity index (χ3v) is 5.53. The number of anilines is 1. The number of aliphatic hydroxyl groups excluding tert-OH is 1. The number of phenolic OH excluding ortho intramolecular Hbond substituents is 1. The van der Waals surface area contributed by atoms with Crippen LogP contribution in [0.1, 0.15) is 17.2 Å². The molecule has 4 rings (SSSR count). The molecule has 1 unspecified atom stereocenters. The number of aliphatic hydroxyl groups is 1. The van der Waals surface area contributed by atoms with E-state index in [1.807, 2.05) is 0 Å². The lowest BCUT2D eigenvalue weighted by molar-refractivity contribution is -0.132. The molecule has 31 heavy (non-hydrogen) atoms. The van der Waals surface area contributed by atoms with Crippen LogP contribution in [0.3, 0.4) is 0 Å². The van der Waals surface area contributed by atoms with E-state index < -0.39 is 17.7 Å². The topological polar surface area (TPSA) is 100.0 Å². The Hall–Kier alpha value is -3.65. The Balaban J connectivity index is 1.96. The summed E-state index contributed by atoms with van der Waals surface area (Å²) < 4.78 is 6.00. The van der Waals surface area contributed by atoms with Gasteiger partial charge in [-0.25, -0.2) is 0 Å². The molecular formula is C23H17BrN2O5. The lowest BCUT2D eigenvalue weighted by atomic mass is 9.95. The van der Waals surface area contributed by atoms with Crippen molar-refractivity contribution in [1.29, 1.82) is 0 Å². The Kier molecular flexibility index (Phi) is 5.48. The van der Waals surface area contributed by atoms with Crippen molar-refractivity contribution >= 4 is 39.1 Å². The number of aromatic hydroxyl groups is 1. The van der Waals surface area contributed by atoms with Gasteiger partial charge in [0.1, 0.15) is 5.76 Å². The van der Waals surface area contributed by atoms with Crippen LogP contribution < -0.4 is 9.64 Å². The Morgan fingerprint density at radius 2 is 1.87 bits per heavy atom. The number of halogens is 1. The lowest BCUT2D eigenvalue weighted by Gasteiger charge is -2.25. The van der Waals surface area contributed by atoms with E-state index in [2.05, 4.69) is 20.9 Å². The Bertz CT molecular complexity index is 1190. The minimum Gasteiger partial charge on any atom is -0.507 e. The summed E-state index contributed by atoms with van der Waals surface area (Å²) in [6, 6.07) is 13.6. The number of carbonyl (C=O) groups is 2. The lowest BCUT2D eigenvalue weighted by Crippen LogP contribution is -2.29. The van der Waals surface area contributed by atoms with E-state index in [0.29, 0.717) is 16.8 Å². The highest BCUT2D eigenvalue weighted by Gasteiger charge is 2.47. The van der Waals surface area contributed by atoms with E-state index >= 15 is 0 Å². The van der Waals surface area contributed by atoms with Crippen LogP contribution in [0, 0.1) is 0 Å². The summed E-state index contributed by atoms with van der Waals surface area (Å²) in [5.41, 5.74) is 1.21. The van der Waals surface area contributed by atoms with E-state index in [-0.39, 0.29) is 22.8 Å². The first-order valence-corrected chi connectivity index (χ1v) is 10.1. The molecule has 1 aliphatic heterocycles.